The maximum absolute atomic E-state index is 13.5. The molecule has 4 aromatic rings. The van der Waals surface area contributed by atoms with Gasteiger partial charge in [0.2, 0.25) is 5.91 Å². The van der Waals surface area contributed by atoms with Gasteiger partial charge in [-0.25, -0.2) is 14.3 Å². The number of likely N-dealkylation sites (N-methyl/N-ethyl adjacent to an activating group) is 1. The lowest BCUT2D eigenvalue weighted by Gasteiger charge is -2.32. The van der Waals surface area contributed by atoms with Gasteiger partial charge in [0.25, 0.3) is 17.7 Å². The number of carbonyl (C=O) groups is 6. The zero-order valence-corrected chi connectivity index (χ0v) is 29.4. The average molecular weight is 723 g/mol. The van der Waals surface area contributed by atoms with Gasteiger partial charge < -0.3 is 25.0 Å². The van der Waals surface area contributed by atoms with Crippen LogP contribution in [-0.4, -0.2) is 92.1 Å². The van der Waals surface area contributed by atoms with Gasteiger partial charge in [0.05, 0.1) is 36.5 Å². The van der Waals surface area contributed by atoms with Crippen LogP contribution in [0.3, 0.4) is 0 Å². The summed E-state index contributed by atoms with van der Waals surface area (Å²) in [6, 6.07) is 17.4. The van der Waals surface area contributed by atoms with Crippen LogP contribution in [0.15, 0.2) is 72.9 Å². The van der Waals surface area contributed by atoms with Crippen LogP contribution in [0, 0.1) is 0 Å². The van der Waals surface area contributed by atoms with Crippen molar-refractivity contribution in [1.82, 2.24) is 29.7 Å². The summed E-state index contributed by atoms with van der Waals surface area (Å²) in [4.78, 5) is 79.8. The summed E-state index contributed by atoms with van der Waals surface area (Å²) in [5, 5.41) is 14.3. The number of nitrogens with zero attached hydrogens (tertiary/aromatic N) is 6. The summed E-state index contributed by atoms with van der Waals surface area (Å²) in [7, 11) is 2.68. The molecule has 6 amide bonds. The number of likely N-dealkylation sites (tertiary alicyclic amines) is 1. The Morgan fingerprint density at radius 2 is 1.74 bits per heavy atom. The van der Waals surface area contributed by atoms with Crippen molar-refractivity contribution in [3.8, 4) is 5.75 Å². The molecule has 2 aliphatic heterocycles. The predicted octanol–water partition coefficient (Wildman–Crippen LogP) is 3.90. The van der Waals surface area contributed by atoms with E-state index in [1.807, 2.05) is 6.92 Å². The average Bonchev–Trinajstić information content (AvgIpc) is 3.73. The number of imide groups is 2. The predicted molar refractivity (Wildman–Crippen MR) is 190 cm³/mol. The molecule has 1 fully saturated rings. The molecule has 0 aliphatic carbocycles. The minimum absolute atomic E-state index is 0.0484. The number of hydrogen-bond acceptors (Lipinski definition) is 11. The molecule has 1 aromatic heterocycles. The van der Waals surface area contributed by atoms with Crippen molar-refractivity contribution in [3.05, 3.63) is 101 Å². The number of nitrogens with one attached hydrogen (secondary N) is 2. The molecule has 16 nitrogen and oxygen atoms in total. The van der Waals surface area contributed by atoms with Gasteiger partial charge in [0.1, 0.15) is 17.5 Å². The number of fused-ring (bicyclic) bond motifs is 1. The Morgan fingerprint density at radius 3 is 2.45 bits per heavy atom. The summed E-state index contributed by atoms with van der Waals surface area (Å²) in [5.41, 5.74) is 3.18. The summed E-state index contributed by atoms with van der Waals surface area (Å²) < 4.78 is 12.1. The molecule has 6 rings (SSSR count). The second-order valence-corrected chi connectivity index (χ2v) is 12.5. The molecule has 0 radical (unpaired) electrons. The van der Waals surface area contributed by atoms with Crippen LogP contribution in [0.1, 0.15) is 68.5 Å². The summed E-state index contributed by atoms with van der Waals surface area (Å²) in [6.07, 6.45) is 2.58. The van der Waals surface area contributed by atoms with Crippen molar-refractivity contribution in [3.63, 3.8) is 0 Å². The lowest BCUT2D eigenvalue weighted by molar-refractivity contribution is -0.149. The third-order valence-corrected chi connectivity index (χ3v) is 8.92. The minimum atomic E-state index is -1.04. The first-order chi connectivity index (χ1) is 25.6. The number of piperidine rings is 1. The number of carbonyl (C=O) groups excluding carboxylic acids is 6. The molecular weight excluding hydrogens is 684 g/mol. The van der Waals surface area contributed by atoms with Crippen LogP contribution in [-0.2, 0) is 34.1 Å². The van der Waals surface area contributed by atoms with Crippen molar-refractivity contribution < 1.29 is 38.2 Å². The van der Waals surface area contributed by atoms with Gasteiger partial charge in [-0.05, 0) is 66.9 Å². The maximum Gasteiger partial charge on any atom is 0.337 e. The largest absolute Gasteiger partial charge is 0.471 e. The van der Waals surface area contributed by atoms with E-state index in [0.29, 0.717) is 41.5 Å². The zero-order chi connectivity index (χ0) is 37.6. The van der Waals surface area contributed by atoms with E-state index >= 15 is 0 Å². The quantitative estimate of drug-likeness (QED) is 0.151. The zero-order valence-electron chi connectivity index (χ0n) is 29.4. The Bertz CT molecular complexity index is 2050. The first-order valence-electron chi connectivity index (χ1n) is 17.0. The Kier molecular flexibility index (Phi) is 10.8. The van der Waals surface area contributed by atoms with Crippen LogP contribution < -0.4 is 15.4 Å². The second kappa shape index (κ2) is 15.8. The monoisotopic (exact) mass is 722 g/mol. The summed E-state index contributed by atoms with van der Waals surface area (Å²) >= 11 is 0. The van der Waals surface area contributed by atoms with E-state index in [2.05, 4.69) is 20.9 Å². The number of anilines is 2. The van der Waals surface area contributed by atoms with Crippen molar-refractivity contribution in [2.24, 2.45) is 0 Å². The van der Waals surface area contributed by atoms with Gasteiger partial charge in [-0.3, -0.25) is 29.0 Å². The van der Waals surface area contributed by atoms with Crippen molar-refractivity contribution >= 4 is 47.0 Å². The smallest absolute Gasteiger partial charge is 0.337 e. The topological polar surface area (TPSA) is 185 Å². The van der Waals surface area contributed by atoms with Crippen LogP contribution in [0.25, 0.3) is 0 Å². The van der Waals surface area contributed by atoms with Crippen molar-refractivity contribution in [1.29, 1.82) is 0 Å². The molecule has 1 atom stereocenters. The number of benzene rings is 3. The molecule has 3 aromatic carbocycles. The maximum atomic E-state index is 13.5. The number of amides is 6. The Labute approximate surface area is 304 Å². The molecule has 16 heteroatoms. The standard InChI is InChI=1S/C37H38N8O8/c1-4-18-43(20-23-8-10-24(11-9-23)36(50)52-3)37(51)39-25-12-14-27(15-13-25)53-22-44-21-26(40-41-44)19-38-29-7-5-6-28-32(29)35(49)45(33(28)47)30-16-17-31(46)42(2)34(30)48/h5-15,21,30,38H,4,16-20,22H2,1-3H3,(H,39,51). The Balaban J connectivity index is 1.01. The number of urea groups is 1. The van der Waals surface area contributed by atoms with Crippen LogP contribution in [0.2, 0.25) is 0 Å². The second-order valence-electron chi connectivity index (χ2n) is 12.5. The number of aromatic nitrogens is 3. The van der Waals surface area contributed by atoms with E-state index in [0.717, 1.165) is 21.8 Å². The van der Waals surface area contributed by atoms with Gasteiger partial charge in [-0.1, -0.05) is 30.3 Å². The number of methoxy groups -OCH3 is 1. The highest BCUT2D eigenvalue weighted by atomic mass is 16.5. The molecule has 274 valence electrons. The number of rotatable bonds is 13. The molecule has 1 saturated heterocycles. The fraction of sp³-hybridized carbons (Fsp3) is 0.297. The highest BCUT2D eigenvalue weighted by Gasteiger charge is 2.47. The summed E-state index contributed by atoms with van der Waals surface area (Å²) in [5.74, 6) is -1.99. The molecule has 0 bridgehead atoms. The van der Waals surface area contributed by atoms with Crippen LogP contribution in [0.5, 0.6) is 5.75 Å². The third-order valence-electron chi connectivity index (χ3n) is 8.92. The van der Waals surface area contributed by atoms with Gasteiger partial charge in [0, 0.05) is 37.9 Å². The van der Waals surface area contributed by atoms with E-state index in [9.17, 15) is 28.8 Å². The fourth-order valence-electron chi connectivity index (χ4n) is 6.12. The highest BCUT2D eigenvalue weighted by Crippen LogP contribution is 2.33. The number of esters is 1. The van der Waals surface area contributed by atoms with E-state index < -0.39 is 29.7 Å². The molecule has 2 N–H and O–H groups in total. The lowest BCUT2D eigenvalue weighted by Crippen LogP contribution is -2.54. The molecule has 53 heavy (non-hydrogen) atoms. The van der Waals surface area contributed by atoms with Gasteiger partial charge in [-0.15, -0.1) is 5.10 Å². The molecular formula is C37H38N8O8. The molecule has 0 saturated carbocycles. The molecule has 2 aliphatic rings. The molecule has 1 unspecified atom stereocenters. The van der Waals surface area contributed by atoms with E-state index in [4.69, 9.17) is 9.47 Å². The van der Waals surface area contributed by atoms with Gasteiger partial charge in [0.15, 0.2) is 6.73 Å². The lowest BCUT2D eigenvalue weighted by atomic mass is 10.0. The van der Waals surface area contributed by atoms with E-state index in [-0.39, 0.29) is 49.2 Å². The number of ether oxygens (including phenoxy) is 2. The summed E-state index contributed by atoms with van der Waals surface area (Å²) in [6.45, 7) is 3.12. The van der Waals surface area contributed by atoms with Gasteiger partial charge in [-0.2, -0.15) is 0 Å². The fourth-order valence-corrected chi connectivity index (χ4v) is 6.12. The molecule has 3 heterocycles. The first-order valence-corrected chi connectivity index (χ1v) is 17.0. The third kappa shape index (κ3) is 7.85. The minimum Gasteiger partial charge on any atom is -0.471 e. The van der Waals surface area contributed by atoms with Crippen molar-refractivity contribution in [2.45, 2.75) is 52.0 Å². The van der Waals surface area contributed by atoms with Gasteiger partial charge >= 0.3 is 12.0 Å². The Hall–Kier alpha value is -6.58. The van der Waals surface area contributed by atoms with E-state index in [1.165, 1.54) is 24.9 Å². The first kappa shape index (κ1) is 36.2. The highest BCUT2D eigenvalue weighted by molar-refractivity contribution is 6.25. The van der Waals surface area contributed by atoms with E-state index in [1.54, 1.807) is 71.8 Å². The Morgan fingerprint density at radius 1 is 0.981 bits per heavy atom. The number of hydrogen-bond donors (Lipinski definition) is 2. The normalized spacial score (nSPS) is 15.3. The van der Waals surface area contributed by atoms with Crippen LogP contribution >= 0.6 is 0 Å². The van der Waals surface area contributed by atoms with Crippen LogP contribution in [0.4, 0.5) is 16.2 Å². The SMILES string of the molecule is CCCN(Cc1ccc(C(=O)OC)cc1)C(=O)Nc1ccc(OCn2cc(CNc3cccc4c3C(=O)N(C3CCC(=O)N(C)C3=O)C4=O)nn2)cc1. The van der Waals surface area contributed by atoms with Crippen molar-refractivity contribution in [2.75, 3.05) is 31.3 Å². The molecule has 0 spiro atoms.